The van der Waals surface area contributed by atoms with Crippen LogP contribution >= 0.6 is 0 Å². The molecule has 1 N–H and O–H groups in total. The third kappa shape index (κ3) is 7.32. The van der Waals surface area contributed by atoms with Crippen molar-refractivity contribution >= 4 is 5.91 Å². The third-order valence-electron chi connectivity index (χ3n) is 8.19. The number of likely N-dealkylation sites (tertiary alicyclic amines) is 1. The van der Waals surface area contributed by atoms with Crippen molar-refractivity contribution in [3.8, 4) is 5.75 Å². The molecular weight excluding hydrogens is 507 g/mol. The first-order valence-corrected chi connectivity index (χ1v) is 13.9. The highest BCUT2D eigenvalue weighted by molar-refractivity contribution is 5.94. The molecule has 0 spiro atoms. The van der Waals surface area contributed by atoms with Crippen molar-refractivity contribution in [1.82, 2.24) is 14.7 Å². The van der Waals surface area contributed by atoms with Gasteiger partial charge in [-0.15, -0.1) is 0 Å². The van der Waals surface area contributed by atoms with Gasteiger partial charge in [-0.1, -0.05) is 12.5 Å². The largest absolute Gasteiger partial charge is 0.491 e. The summed E-state index contributed by atoms with van der Waals surface area (Å²) in [5, 5.41) is 10.5. The van der Waals surface area contributed by atoms with Crippen molar-refractivity contribution < 1.29 is 27.8 Å². The summed E-state index contributed by atoms with van der Waals surface area (Å²) in [6.45, 7) is 11.6. The standard InChI is InChI=1S/C30H40F3N3O3/c1-21-22(2)28(39-20-26(37)19-34-13-5-4-6-14-34)12-11-27(21)23(3)35-15-17-36(18-16-35)29(38)24-7-9-25(10-8-24)30(31,32)33/h7-12,23,26,37H,4-6,13-20H2,1-3H3/t23?,26-/m1/s1. The average molecular weight is 548 g/mol. The number of carbonyl (C=O) groups is 1. The van der Waals surface area contributed by atoms with Crippen LogP contribution in [0.3, 0.4) is 0 Å². The maximum Gasteiger partial charge on any atom is 0.416 e. The number of amides is 1. The fraction of sp³-hybridized carbons (Fsp3) is 0.567. The van der Waals surface area contributed by atoms with Crippen LogP contribution < -0.4 is 4.74 Å². The quantitative estimate of drug-likeness (QED) is 0.501. The molecule has 39 heavy (non-hydrogen) atoms. The maximum atomic E-state index is 12.9. The molecule has 1 unspecified atom stereocenters. The summed E-state index contributed by atoms with van der Waals surface area (Å²) in [4.78, 5) is 19.2. The molecule has 0 aromatic heterocycles. The van der Waals surface area contributed by atoms with E-state index in [9.17, 15) is 23.1 Å². The first-order valence-electron chi connectivity index (χ1n) is 13.9. The van der Waals surface area contributed by atoms with Crippen LogP contribution in [0.1, 0.15) is 64.8 Å². The Kier molecular flexibility index (Phi) is 9.56. The van der Waals surface area contributed by atoms with Gasteiger partial charge in [0.2, 0.25) is 0 Å². The Balaban J connectivity index is 1.30. The van der Waals surface area contributed by atoms with Crippen molar-refractivity contribution in [3.63, 3.8) is 0 Å². The fourth-order valence-electron chi connectivity index (χ4n) is 5.60. The number of ether oxygens (including phenoxy) is 1. The topological polar surface area (TPSA) is 56.3 Å². The summed E-state index contributed by atoms with van der Waals surface area (Å²) in [6.07, 6.45) is -1.30. The molecule has 2 aliphatic heterocycles. The minimum atomic E-state index is -4.42. The van der Waals surface area contributed by atoms with Gasteiger partial charge in [0.25, 0.3) is 5.91 Å². The van der Waals surface area contributed by atoms with Gasteiger partial charge in [-0.05, 0) is 93.7 Å². The highest BCUT2D eigenvalue weighted by Gasteiger charge is 2.31. The lowest BCUT2D eigenvalue weighted by atomic mass is 9.96. The molecule has 0 radical (unpaired) electrons. The Morgan fingerprint density at radius 2 is 1.56 bits per heavy atom. The molecule has 2 atom stereocenters. The van der Waals surface area contributed by atoms with Crippen LogP contribution in [0.15, 0.2) is 36.4 Å². The van der Waals surface area contributed by atoms with E-state index in [1.54, 1.807) is 4.90 Å². The number of benzene rings is 2. The lowest BCUT2D eigenvalue weighted by Crippen LogP contribution is -2.49. The predicted octanol–water partition coefficient (Wildman–Crippen LogP) is 5.07. The molecule has 2 aliphatic rings. The molecule has 6 nitrogen and oxygen atoms in total. The Bertz CT molecular complexity index is 1110. The molecule has 2 aromatic rings. The van der Waals surface area contributed by atoms with Gasteiger partial charge in [0.1, 0.15) is 18.5 Å². The van der Waals surface area contributed by atoms with E-state index in [0.29, 0.717) is 32.7 Å². The Labute approximate surface area is 229 Å². The van der Waals surface area contributed by atoms with Crippen LogP contribution in [0.25, 0.3) is 0 Å². The van der Waals surface area contributed by atoms with E-state index in [2.05, 4.69) is 29.7 Å². The average Bonchev–Trinajstić information content (AvgIpc) is 2.93. The van der Waals surface area contributed by atoms with Crippen molar-refractivity contribution in [1.29, 1.82) is 0 Å². The van der Waals surface area contributed by atoms with Gasteiger partial charge in [-0.25, -0.2) is 0 Å². The minimum Gasteiger partial charge on any atom is -0.491 e. The van der Waals surface area contributed by atoms with Crippen molar-refractivity contribution in [2.75, 3.05) is 52.4 Å². The lowest BCUT2D eigenvalue weighted by Gasteiger charge is -2.39. The predicted molar refractivity (Wildman–Crippen MR) is 145 cm³/mol. The molecule has 4 rings (SSSR count). The Morgan fingerprint density at radius 1 is 0.923 bits per heavy atom. The van der Waals surface area contributed by atoms with Crippen molar-refractivity contribution in [2.24, 2.45) is 0 Å². The molecule has 0 bridgehead atoms. The number of piperazine rings is 1. The van der Waals surface area contributed by atoms with Crippen LogP contribution in [-0.4, -0.2) is 84.2 Å². The van der Waals surface area contributed by atoms with E-state index in [1.165, 1.54) is 37.0 Å². The zero-order chi connectivity index (χ0) is 28.2. The van der Waals surface area contributed by atoms with Crippen molar-refractivity contribution in [2.45, 2.75) is 58.4 Å². The molecule has 2 heterocycles. The van der Waals surface area contributed by atoms with Crippen molar-refractivity contribution in [3.05, 3.63) is 64.2 Å². The first-order chi connectivity index (χ1) is 18.5. The number of rotatable bonds is 8. The number of aliphatic hydroxyl groups excluding tert-OH is 1. The second-order valence-corrected chi connectivity index (χ2v) is 10.8. The molecule has 214 valence electrons. The van der Waals surface area contributed by atoms with E-state index in [0.717, 1.165) is 42.1 Å². The summed E-state index contributed by atoms with van der Waals surface area (Å²) < 4.78 is 44.5. The third-order valence-corrected chi connectivity index (χ3v) is 8.19. The summed E-state index contributed by atoms with van der Waals surface area (Å²) >= 11 is 0. The summed E-state index contributed by atoms with van der Waals surface area (Å²) in [7, 11) is 0. The SMILES string of the molecule is Cc1c(OC[C@H](O)CN2CCCCC2)ccc(C(C)N2CCN(C(=O)c3ccc(C(F)(F)F)cc3)CC2)c1C. The van der Waals surface area contributed by atoms with Gasteiger partial charge in [-0.2, -0.15) is 13.2 Å². The number of hydrogen-bond acceptors (Lipinski definition) is 5. The molecule has 0 saturated carbocycles. The lowest BCUT2D eigenvalue weighted by molar-refractivity contribution is -0.137. The van der Waals surface area contributed by atoms with Gasteiger partial charge in [0, 0.05) is 44.3 Å². The van der Waals surface area contributed by atoms with Crippen LogP contribution in [0.2, 0.25) is 0 Å². The summed E-state index contributed by atoms with van der Waals surface area (Å²) in [5.74, 6) is 0.542. The maximum absolute atomic E-state index is 12.9. The van der Waals surface area contributed by atoms with E-state index in [-0.39, 0.29) is 24.1 Å². The zero-order valence-electron chi connectivity index (χ0n) is 23.1. The van der Waals surface area contributed by atoms with Gasteiger partial charge in [0.05, 0.1) is 5.56 Å². The number of halogens is 3. The number of β-amino-alcohol motifs (C(OH)–C–C–N with tert-alkyl or cyclic N) is 1. The van der Waals surface area contributed by atoms with Crippen LogP contribution in [0.4, 0.5) is 13.2 Å². The molecule has 2 aromatic carbocycles. The zero-order valence-corrected chi connectivity index (χ0v) is 23.1. The van der Waals surface area contributed by atoms with Crippen LogP contribution in [0, 0.1) is 13.8 Å². The first kappa shape index (κ1) is 29.4. The molecule has 2 fully saturated rings. The number of hydrogen-bond donors (Lipinski definition) is 1. The second kappa shape index (κ2) is 12.7. The fourth-order valence-corrected chi connectivity index (χ4v) is 5.60. The normalized spacial score (nSPS) is 19.1. The monoisotopic (exact) mass is 547 g/mol. The number of aliphatic hydroxyl groups is 1. The second-order valence-electron chi connectivity index (χ2n) is 10.8. The van der Waals surface area contributed by atoms with Gasteiger partial charge >= 0.3 is 6.18 Å². The van der Waals surface area contributed by atoms with Crippen LogP contribution in [0.5, 0.6) is 5.75 Å². The van der Waals surface area contributed by atoms with Gasteiger partial charge in [0.15, 0.2) is 0 Å². The number of piperidine rings is 1. The Hall–Kier alpha value is -2.62. The molecular formula is C30H40F3N3O3. The van der Waals surface area contributed by atoms with E-state index >= 15 is 0 Å². The number of nitrogens with zero attached hydrogens (tertiary/aromatic N) is 3. The minimum absolute atomic E-state index is 0.130. The Morgan fingerprint density at radius 3 is 2.18 bits per heavy atom. The van der Waals surface area contributed by atoms with Gasteiger partial charge in [-0.3, -0.25) is 9.69 Å². The molecule has 1 amide bonds. The molecule has 2 saturated heterocycles. The van der Waals surface area contributed by atoms with E-state index in [1.807, 2.05) is 13.0 Å². The van der Waals surface area contributed by atoms with E-state index in [4.69, 9.17) is 4.74 Å². The highest BCUT2D eigenvalue weighted by Crippen LogP contribution is 2.32. The van der Waals surface area contributed by atoms with Crippen LogP contribution in [-0.2, 0) is 6.18 Å². The smallest absolute Gasteiger partial charge is 0.416 e. The summed E-state index contributed by atoms with van der Waals surface area (Å²) in [6, 6.07) is 8.61. The van der Waals surface area contributed by atoms with E-state index < -0.39 is 17.8 Å². The number of alkyl halides is 3. The molecule has 0 aliphatic carbocycles. The number of carbonyl (C=O) groups excluding carboxylic acids is 1. The summed E-state index contributed by atoms with van der Waals surface area (Å²) in [5.41, 5.74) is 2.91. The molecule has 9 heteroatoms. The highest BCUT2D eigenvalue weighted by atomic mass is 19.4. The van der Waals surface area contributed by atoms with Gasteiger partial charge < -0.3 is 19.6 Å².